The van der Waals surface area contributed by atoms with Gasteiger partial charge < -0.3 is 15.1 Å². The molecule has 1 aliphatic rings. The first-order valence-corrected chi connectivity index (χ1v) is 9.59. The Labute approximate surface area is 169 Å². The van der Waals surface area contributed by atoms with E-state index in [4.69, 9.17) is 5.26 Å². The molecular formula is C22H23FN4O2. The Morgan fingerprint density at radius 1 is 1.07 bits per heavy atom. The molecule has 2 aromatic rings. The zero-order valence-electron chi connectivity index (χ0n) is 16.1. The number of hydrogen-bond donors (Lipinski definition) is 1. The maximum atomic E-state index is 13.2. The van der Waals surface area contributed by atoms with Crippen molar-refractivity contribution >= 4 is 11.8 Å². The molecule has 0 saturated carbocycles. The van der Waals surface area contributed by atoms with Crippen molar-refractivity contribution in [3.8, 4) is 6.07 Å². The highest BCUT2D eigenvalue weighted by atomic mass is 19.1. The summed E-state index contributed by atoms with van der Waals surface area (Å²) in [6.45, 7) is 3.41. The molecule has 0 bridgehead atoms. The van der Waals surface area contributed by atoms with E-state index >= 15 is 0 Å². The van der Waals surface area contributed by atoms with Crippen LogP contribution >= 0.6 is 0 Å². The Bertz CT molecular complexity index is 885. The van der Waals surface area contributed by atoms with Gasteiger partial charge >= 0.3 is 0 Å². The largest absolute Gasteiger partial charge is 0.340 e. The number of carbonyl (C=O) groups excluding carboxylic acids is 2. The van der Waals surface area contributed by atoms with E-state index in [2.05, 4.69) is 5.32 Å². The SMILES string of the molecule is N#Cc1ccc(C(=O)N(CCC(=O)N2CCNCC2)Cc2ccc(F)cc2)cc1. The first-order chi connectivity index (χ1) is 14.1. The van der Waals surface area contributed by atoms with E-state index in [9.17, 15) is 14.0 Å². The van der Waals surface area contributed by atoms with Crippen LogP contribution < -0.4 is 5.32 Å². The van der Waals surface area contributed by atoms with Gasteiger partial charge in [-0.25, -0.2) is 4.39 Å². The molecule has 0 atom stereocenters. The lowest BCUT2D eigenvalue weighted by atomic mass is 10.1. The fourth-order valence-electron chi connectivity index (χ4n) is 3.24. The summed E-state index contributed by atoms with van der Waals surface area (Å²) in [5.41, 5.74) is 1.70. The third kappa shape index (κ3) is 5.62. The van der Waals surface area contributed by atoms with Gasteiger partial charge in [-0.3, -0.25) is 9.59 Å². The van der Waals surface area contributed by atoms with Crippen molar-refractivity contribution in [1.29, 1.82) is 5.26 Å². The topological polar surface area (TPSA) is 76.4 Å². The van der Waals surface area contributed by atoms with Crippen molar-refractivity contribution in [1.82, 2.24) is 15.1 Å². The minimum Gasteiger partial charge on any atom is -0.340 e. The van der Waals surface area contributed by atoms with E-state index in [1.165, 1.54) is 12.1 Å². The molecule has 0 spiro atoms. The molecule has 29 heavy (non-hydrogen) atoms. The number of benzene rings is 2. The molecule has 1 saturated heterocycles. The number of halogens is 1. The van der Waals surface area contributed by atoms with Crippen LogP contribution in [0.4, 0.5) is 4.39 Å². The Balaban J connectivity index is 1.72. The fourth-order valence-corrected chi connectivity index (χ4v) is 3.24. The Hall–Kier alpha value is -3.24. The monoisotopic (exact) mass is 394 g/mol. The predicted octanol–water partition coefficient (Wildman–Crippen LogP) is 2.16. The molecule has 1 fully saturated rings. The summed E-state index contributed by atoms with van der Waals surface area (Å²) in [5, 5.41) is 12.1. The zero-order valence-corrected chi connectivity index (χ0v) is 16.1. The van der Waals surface area contributed by atoms with Crippen LogP contribution in [-0.2, 0) is 11.3 Å². The molecule has 1 N–H and O–H groups in total. The van der Waals surface area contributed by atoms with Crippen molar-refractivity contribution in [3.63, 3.8) is 0 Å². The van der Waals surface area contributed by atoms with E-state index in [0.717, 1.165) is 18.7 Å². The maximum Gasteiger partial charge on any atom is 0.254 e. The minimum atomic E-state index is -0.340. The van der Waals surface area contributed by atoms with Crippen LogP contribution in [0.25, 0.3) is 0 Å². The number of nitriles is 1. The lowest BCUT2D eigenvalue weighted by Gasteiger charge is -2.29. The standard InChI is InChI=1S/C22H23FN4O2/c23-20-7-3-18(4-8-20)16-27(12-9-21(28)26-13-10-25-11-14-26)22(29)19-5-1-17(15-24)2-6-19/h1-8,25H,9-14,16H2. The Morgan fingerprint density at radius 3 is 2.34 bits per heavy atom. The summed E-state index contributed by atoms with van der Waals surface area (Å²) in [6.07, 6.45) is 0.225. The van der Waals surface area contributed by atoms with Crippen molar-refractivity contribution in [2.45, 2.75) is 13.0 Å². The van der Waals surface area contributed by atoms with Crippen LogP contribution in [0.3, 0.4) is 0 Å². The Morgan fingerprint density at radius 2 is 1.72 bits per heavy atom. The molecule has 2 aromatic carbocycles. The Kier molecular flexibility index (Phi) is 6.93. The molecule has 0 radical (unpaired) electrons. The maximum absolute atomic E-state index is 13.2. The smallest absolute Gasteiger partial charge is 0.254 e. The van der Waals surface area contributed by atoms with Crippen molar-refractivity contribution in [2.24, 2.45) is 0 Å². The average Bonchev–Trinajstić information content (AvgIpc) is 2.78. The predicted molar refractivity (Wildman–Crippen MR) is 106 cm³/mol. The van der Waals surface area contributed by atoms with Gasteiger partial charge in [-0.1, -0.05) is 12.1 Å². The van der Waals surface area contributed by atoms with Crippen LogP contribution in [0.5, 0.6) is 0 Å². The molecule has 150 valence electrons. The van der Waals surface area contributed by atoms with E-state index in [1.54, 1.807) is 46.2 Å². The van der Waals surface area contributed by atoms with Gasteiger partial charge in [0.25, 0.3) is 5.91 Å². The lowest BCUT2D eigenvalue weighted by molar-refractivity contribution is -0.132. The fraction of sp³-hybridized carbons (Fsp3) is 0.318. The number of piperazine rings is 1. The van der Waals surface area contributed by atoms with Crippen LogP contribution in [0.2, 0.25) is 0 Å². The summed E-state index contributed by atoms with van der Waals surface area (Å²) in [5.74, 6) is -0.553. The van der Waals surface area contributed by atoms with E-state index < -0.39 is 0 Å². The molecular weight excluding hydrogens is 371 g/mol. The summed E-state index contributed by atoms with van der Waals surface area (Å²) in [7, 11) is 0. The molecule has 0 unspecified atom stereocenters. The molecule has 1 aliphatic heterocycles. The van der Waals surface area contributed by atoms with Crippen LogP contribution in [0.15, 0.2) is 48.5 Å². The van der Waals surface area contributed by atoms with Crippen LogP contribution in [-0.4, -0.2) is 54.3 Å². The second-order valence-corrected chi connectivity index (χ2v) is 6.92. The van der Waals surface area contributed by atoms with Gasteiger partial charge in [0.1, 0.15) is 5.82 Å². The number of hydrogen-bond acceptors (Lipinski definition) is 4. The first kappa shape index (κ1) is 20.5. The van der Waals surface area contributed by atoms with Gasteiger partial charge in [0.05, 0.1) is 11.6 Å². The molecule has 1 heterocycles. The van der Waals surface area contributed by atoms with E-state index in [-0.39, 0.29) is 37.1 Å². The first-order valence-electron chi connectivity index (χ1n) is 9.59. The van der Waals surface area contributed by atoms with Crippen molar-refractivity contribution in [2.75, 3.05) is 32.7 Å². The van der Waals surface area contributed by atoms with E-state index in [1.807, 2.05) is 6.07 Å². The summed E-state index contributed by atoms with van der Waals surface area (Å²) in [6, 6.07) is 14.4. The third-order valence-electron chi connectivity index (χ3n) is 4.90. The highest BCUT2D eigenvalue weighted by Gasteiger charge is 2.21. The molecule has 7 heteroatoms. The highest BCUT2D eigenvalue weighted by molar-refractivity contribution is 5.94. The zero-order chi connectivity index (χ0) is 20.6. The molecule has 6 nitrogen and oxygen atoms in total. The van der Waals surface area contributed by atoms with E-state index in [0.29, 0.717) is 24.2 Å². The second-order valence-electron chi connectivity index (χ2n) is 6.92. The molecule has 2 amide bonds. The highest BCUT2D eigenvalue weighted by Crippen LogP contribution is 2.13. The normalized spacial score (nSPS) is 13.6. The minimum absolute atomic E-state index is 0.0169. The number of carbonyl (C=O) groups is 2. The molecule has 3 rings (SSSR count). The number of nitrogens with zero attached hydrogens (tertiary/aromatic N) is 3. The third-order valence-corrected chi connectivity index (χ3v) is 4.90. The number of amides is 2. The van der Waals surface area contributed by atoms with Gasteiger partial charge in [-0.05, 0) is 42.0 Å². The van der Waals surface area contributed by atoms with Crippen molar-refractivity contribution < 1.29 is 14.0 Å². The van der Waals surface area contributed by atoms with Gasteiger partial charge in [-0.15, -0.1) is 0 Å². The summed E-state index contributed by atoms with van der Waals surface area (Å²) < 4.78 is 13.2. The van der Waals surface area contributed by atoms with Crippen LogP contribution in [0, 0.1) is 17.1 Å². The second kappa shape index (κ2) is 9.80. The average molecular weight is 394 g/mol. The summed E-state index contributed by atoms with van der Waals surface area (Å²) >= 11 is 0. The number of nitrogens with one attached hydrogen (secondary N) is 1. The van der Waals surface area contributed by atoms with Gasteiger partial charge in [0.15, 0.2) is 0 Å². The lowest BCUT2D eigenvalue weighted by Crippen LogP contribution is -2.47. The molecule has 0 aromatic heterocycles. The quantitative estimate of drug-likeness (QED) is 0.815. The van der Waals surface area contributed by atoms with Gasteiger partial charge in [-0.2, -0.15) is 5.26 Å². The van der Waals surface area contributed by atoms with Gasteiger partial charge in [0.2, 0.25) is 5.91 Å². The molecule has 0 aliphatic carbocycles. The summed E-state index contributed by atoms with van der Waals surface area (Å²) in [4.78, 5) is 29.0. The van der Waals surface area contributed by atoms with Crippen LogP contribution in [0.1, 0.15) is 27.9 Å². The van der Waals surface area contributed by atoms with Crippen molar-refractivity contribution in [3.05, 3.63) is 71.0 Å². The number of rotatable bonds is 6. The van der Waals surface area contributed by atoms with Gasteiger partial charge in [0, 0.05) is 51.3 Å².